The smallest absolute Gasteiger partial charge is 0.309 e. The number of rotatable bonds is 20. The molecule has 5 atom stereocenters. The molecule has 1 aliphatic rings. The first-order chi connectivity index (χ1) is 20.5. The minimum atomic E-state index is -0.731. The van der Waals surface area contributed by atoms with Gasteiger partial charge in [-0.15, -0.1) is 0 Å². The highest BCUT2D eigenvalue weighted by molar-refractivity contribution is 5.89. The summed E-state index contributed by atoms with van der Waals surface area (Å²) in [5.41, 5.74) is 1.78. The summed E-state index contributed by atoms with van der Waals surface area (Å²) in [6.45, 7) is 14.4. The lowest BCUT2D eigenvalue weighted by molar-refractivity contribution is -0.148. The van der Waals surface area contributed by atoms with Crippen molar-refractivity contribution in [1.82, 2.24) is 0 Å². The van der Waals surface area contributed by atoms with Crippen molar-refractivity contribution < 1.29 is 24.6 Å². The molecule has 5 unspecified atom stereocenters. The molecule has 1 saturated carbocycles. The molecule has 0 saturated heterocycles. The first-order valence-electron chi connectivity index (χ1n) is 17.4. The van der Waals surface area contributed by atoms with E-state index >= 15 is 0 Å². The van der Waals surface area contributed by atoms with Gasteiger partial charge in [-0.05, 0) is 87.2 Å². The number of carboxylic acid groups (broad SMARTS) is 1. The maximum atomic E-state index is 13.6. The molecule has 0 aromatic heterocycles. The van der Waals surface area contributed by atoms with Gasteiger partial charge in [-0.2, -0.15) is 0 Å². The Labute approximate surface area is 263 Å². The van der Waals surface area contributed by atoms with Crippen molar-refractivity contribution in [2.45, 2.75) is 157 Å². The van der Waals surface area contributed by atoms with Crippen LogP contribution >= 0.6 is 0 Å². The monoisotopic (exact) mass is 600 g/mol. The summed E-state index contributed by atoms with van der Waals surface area (Å²) in [4.78, 5) is 36.9. The van der Waals surface area contributed by atoms with Gasteiger partial charge in [0.15, 0.2) is 0 Å². The number of carbonyl (C=O) groups is 3. The molecule has 0 radical (unpaired) electrons. The predicted molar refractivity (Wildman–Crippen MR) is 179 cm³/mol. The second-order valence-corrected chi connectivity index (χ2v) is 14.0. The van der Waals surface area contributed by atoms with Gasteiger partial charge in [-0.3, -0.25) is 9.59 Å². The van der Waals surface area contributed by atoms with Crippen molar-refractivity contribution in [3.63, 3.8) is 0 Å². The van der Waals surface area contributed by atoms with Crippen molar-refractivity contribution >= 4 is 18.0 Å². The average Bonchev–Trinajstić information content (AvgIpc) is 3.01. The van der Waals surface area contributed by atoms with Crippen molar-refractivity contribution in [3.05, 3.63) is 35.4 Å². The molecular weight excluding hydrogens is 536 g/mol. The number of Topliss-reactive ketones (excluding diaryl/α,β-unsaturated/α-hetero) is 1. The number of carboxylic acids is 1. The molecule has 5 heteroatoms. The number of aliphatic hydroxyl groups excluding tert-OH is 1. The second kappa shape index (κ2) is 20.1. The van der Waals surface area contributed by atoms with Gasteiger partial charge >= 0.3 is 5.97 Å². The summed E-state index contributed by atoms with van der Waals surface area (Å²) in [6.07, 6.45) is 14.8. The molecule has 1 aliphatic carbocycles. The second-order valence-electron chi connectivity index (χ2n) is 14.0. The quantitative estimate of drug-likeness (QED) is 0.115. The van der Waals surface area contributed by atoms with Gasteiger partial charge in [0.25, 0.3) is 0 Å². The lowest BCUT2D eigenvalue weighted by Gasteiger charge is -2.31. The zero-order valence-electron chi connectivity index (χ0n) is 28.6. The summed E-state index contributed by atoms with van der Waals surface area (Å²) in [7, 11) is 0. The molecular formula is C38H64O5. The number of aldehydes is 1. The van der Waals surface area contributed by atoms with Gasteiger partial charge in [-0.25, -0.2) is 0 Å². The van der Waals surface area contributed by atoms with Gasteiger partial charge < -0.3 is 15.0 Å². The maximum Gasteiger partial charge on any atom is 0.309 e. The Bertz CT molecular complexity index is 953. The normalized spacial score (nSPS) is 20.0. The third kappa shape index (κ3) is 12.9. The predicted octanol–water partition coefficient (Wildman–Crippen LogP) is 9.89. The molecule has 246 valence electrons. The molecule has 0 amide bonds. The van der Waals surface area contributed by atoms with Crippen molar-refractivity contribution in [3.8, 4) is 0 Å². The van der Waals surface area contributed by atoms with E-state index in [1.807, 2.05) is 27.7 Å². The average molecular weight is 601 g/mol. The lowest BCUT2D eigenvalue weighted by Crippen LogP contribution is -2.28. The van der Waals surface area contributed by atoms with Crippen LogP contribution in [0.25, 0.3) is 0 Å². The van der Waals surface area contributed by atoms with Gasteiger partial charge in [0.05, 0.1) is 5.41 Å². The maximum absolute atomic E-state index is 13.6. The summed E-state index contributed by atoms with van der Waals surface area (Å²) >= 11 is 0. The Hall–Kier alpha value is -2.01. The Morgan fingerprint density at radius 1 is 0.977 bits per heavy atom. The van der Waals surface area contributed by atoms with E-state index in [-0.39, 0.29) is 29.8 Å². The van der Waals surface area contributed by atoms with Gasteiger partial charge in [0.2, 0.25) is 0 Å². The number of aliphatic carboxylic acids is 1. The van der Waals surface area contributed by atoms with Crippen LogP contribution in [0.2, 0.25) is 0 Å². The molecule has 0 aliphatic heterocycles. The van der Waals surface area contributed by atoms with Gasteiger partial charge in [0.1, 0.15) is 12.1 Å². The number of unbranched alkanes of at least 4 members (excludes halogenated alkanes) is 2. The molecule has 5 nitrogen and oxygen atoms in total. The van der Waals surface area contributed by atoms with Crippen LogP contribution in [0.4, 0.5) is 0 Å². The van der Waals surface area contributed by atoms with E-state index in [1.54, 1.807) is 0 Å². The first-order valence-corrected chi connectivity index (χ1v) is 17.4. The summed E-state index contributed by atoms with van der Waals surface area (Å²) in [5.74, 6) is 0.175. The minimum Gasteiger partial charge on any atom is -0.481 e. The first kappa shape index (κ1) is 39.0. The third-order valence-corrected chi connectivity index (χ3v) is 10.0. The molecule has 2 N–H and O–H groups in total. The van der Waals surface area contributed by atoms with E-state index in [0.29, 0.717) is 24.5 Å². The molecule has 1 aromatic rings. The number of hydrogen-bond donors (Lipinski definition) is 2. The SMILES string of the molecule is CC.CCC(C)(CCCCC(C=O)CCCC(C)c1ccccc1C1CCCC(CCCCC(C)(C)CO)C1=O)C(=O)O. The lowest BCUT2D eigenvalue weighted by atomic mass is 9.72. The molecule has 0 spiro atoms. The largest absolute Gasteiger partial charge is 0.481 e. The van der Waals surface area contributed by atoms with Crippen molar-refractivity contribution in [1.29, 1.82) is 0 Å². The summed E-state index contributed by atoms with van der Waals surface area (Å²) < 4.78 is 0. The number of hydrogen-bond acceptors (Lipinski definition) is 4. The standard InChI is InChI=1S/C36H58O5.C2H6/c1-6-36(5,34(40)41)24-12-9-16-28(25-37)17-13-15-27(2)30-20-7-8-21-31(30)32-22-14-19-29(33(32)39)18-10-11-23-35(3,4)26-38;1-2/h7-8,20-21,25,27-29,32,38H,6,9-19,22-24,26H2,1-5H3,(H,40,41);1-2H3. The molecule has 43 heavy (non-hydrogen) atoms. The number of benzene rings is 1. The number of aliphatic hydroxyl groups is 1. The summed E-state index contributed by atoms with van der Waals surface area (Å²) in [5, 5.41) is 19.0. The van der Waals surface area contributed by atoms with Gasteiger partial charge in [0, 0.05) is 24.4 Å². The number of ketones is 1. The van der Waals surface area contributed by atoms with Crippen LogP contribution in [0.15, 0.2) is 24.3 Å². The Kier molecular flexibility index (Phi) is 18.2. The fourth-order valence-corrected chi connectivity index (χ4v) is 6.56. The Morgan fingerprint density at radius 3 is 2.26 bits per heavy atom. The minimum absolute atomic E-state index is 0.0105. The Morgan fingerprint density at radius 2 is 1.63 bits per heavy atom. The van der Waals surface area contributed by atoms with Crippen molar-refractivity contribution in [2.24, 2.45) is 22.7 Å². The zero-order valence-corrected chi connectivity index (χ0v) is 28.6. The Balaban J connectivity index is 0.00000452. The van der Waals surface area contributed by atoms with E-state index in [4.69, 9.17) is 0 Å². The van der Waals surface area contributed by atoms with Crippen LogP contribution in [0, 0.1) is 22.7 Å². The number of carbonyl (C=O) groups excluding carboxylic acids is 2. The molecule has 0 heterocycles. The molecule has 1 aromatic carbocycles. The van der Waals surface area contributed by atoms with Gasteiger partial charge in [-0.1, -0.05) is 104 Å². The fraction of sp³-hybridized carbons (Fsp3) is 0.763. The van der Waals surface area contributed by atoms with Crippen LogP contribution in [0.5, 0.6) is 0 Å². The van der Waals surface area contributed by atoms with Crippen LogP contribution in [-0.2, 0) is 14.4 Å². The topological polar surface area (TPSA) is 91.7 Å². The highest BCUT2D eigenvalue weighted by Crippen LogP contribution is 2.40. The molecule has 1 fully saturated rings. The van der Waals surface area contributed by atoms with E-state index in [2.05, 4.69) is 45.0 Å². The molecule has 0 bridgehead atoms. The van der Waals surface area contributed by atoms with E-state index in [0.717, 1.165) is 89.8 Å². The zero-order chi connectivity index (χ0) is 32.5. The highest BCUT2D eigenvalue weighted by atomic mass is 16.4. The highest BCUT2D eigenvalue weighted by Gasteiger charge is 2.34. The fourth-order valence-electron chi connectivity index (χ4n) is 6.56. The van der Waals surface area contributed by atoms with E-state index in [1.165, 1.54) is 11.1 Å². The van der Waals surface area contributed by atoms with Crippen LogP contribution in [-0.4, -0.2) is 34.9 Å². The van der Waals surface area contributed by atoms with Crippen LogP contribution < -0.4 is 0 Å². The molecule has 2 rings (SSSR count). The van der Waals surface area contributed by atoms with Crippen molar-refractivity contribution in [2.75, 3.05) is 6.61 Å². The third-order valence-electron chi connectivity index (χ3n) is 10.0. The van der Waals surface area contributed by atoms with E-state index < -0.39 is 11.4 Å². The van der Waals surface area contributed by atoms with E-state index in [9.17, 15) is 24.6 Å². The van der Waals surface area contributed by atoms with Crippen LogP contribution in [0.1, 0.15) is 168 Å². The van der Waals surface area contributed by atoms with Crippen LogP contribution in [0.3, 0.4) is 0 Å². The summed E-state index contributed by atoms with van der Waals surface area (Å²) in [6, 6.07) is 8.50.